The molecule has 0 aliphatic carbocycles. The van der Waals surface area contributed by atoms with Crippen molar-refractivity contribution in [2.75, 3.05) is 40.6 Å². The molecular weight excluding hydrogens is 536 g/mol. The van der Waals surface area contributed by atoms with E-state index >= 15 is 0 Å². The molecule has 0 saturated carbocycles. The summed E-state index contributed by atoms with van der Waals surface area (Å²) < 4.78 is 22.0. The van der Waals surface area contributed by atoms with Gasteiger partial charge in [-0.1, -0.05) is 49.7 Å². The minimum absolute atomic E-state index is 0.0525. The molecule has 3 atom stereocenters. The smallest absolute Gasteiger partial charge is 0.309 e. The molecule has 222 valence electrons. The summed E-state index contributed by atoms with van der Waals surface area (Å²) in [6, 6.07) is 20.2. The number of hydrogen-bond acceptors (Lipinski definition) is 7. The Labute approximate surface area is 246 Å². The Kier molecular flexibility index (Phi) is 9.17. The van der Waals surface area contributed by atoms with E-state index in [4.69, 9.17) is 18.9 Å². The molecule has 0 aromatic heterocycles. The number of aliphatic carboxylic acids is 1. The normalized spacial score (nSPS) is 19.5. The third kappa shape index (κ3) is 6.16. The summed E-state index contributed by atoms with van der Waals surface area (Å²) in [6.07, 6.45) is 1.81. The number of unbranched alkanes of at least 4 members (excludes halogenated alkanes) is 1. The summed E-state index contributed by atoms with van der Waals surface area (Å²) in [5.41, 5.74) is 2.60. The second kappa shape index (κ2) is 13.2. The Hall–Kier alpha value is -4.24. The molecule has 2 heterocycles. The highest BCUT2D eigenvalue weighted by molar-refractivity contribution is 5.79. The summed E-state index contributed by atoms with van der Waals surface area (Å²) in [4.78, 5) is 30.8. The number of carboxylic acid groups (broad SMARTS) is 1. The van der Waals surface area contributed by atoms with Crippen molar-refractivity contribution in [3.8, 4) is 23.0 Å². The SMILES string of the molecule is CCCCN(Cc1ccccc1OC)C(=O)CN1CC(c2ccc3c(c2)OCO3)C(C(=O)O)C1c1ccc(OC)cc1. The summed E-state index contributed by atoms with van der Waals surface area (Å²) in [7, 11) is 3.22. The predicted octanol–water partition coefficient (Wildman–Crippen LogP) is 5.10. The standard InChI is InChI=1S/C33H38N2O7/c1-4-5-16-34(18-24-8-6-7-9-27(24)40-3)30(36)20-35-19-26(23-12-15-28-29(17-23)42-21-41-28)31(33(37)38)32(35)22-10-13-25(39-2)14-11-22/h6-15,17,26,31-32H,4-5,16,18-21H2,1-3H3,(H,37,38). The van der Waals surface area contributed by atoms with Gasteiger partial charge in [0.15, 0.2) is 11.5 Å². The van der Waals surface area contributed by atoms with Crippen LogP contribution in [0.5, 0.6) is 23.0 Å². The number of carboxylic acids is 1. The Morgan fingerprint density at radius 1 is 0.976 bits per heavy atom. The van der Waals surface area contributed by atoms with Crippen molar-refractivity contribution in [2.24, 2.45) is 5.92 Å². The molecule has 2 aliphatic rings. The number of para-hydroxylation sites is 1. The molecule has 0 radical (unpaired) electrons. The first-order valence-electron chi connectivity index (χ1n) is 14.3. The second-order valence-corrected chi connectivity index (χ2v) is 10.7. The summed E-state index contributed by atoms with van der Waals surface area (Å²) in [5.74, 6) is 0.549. The van der Waals surface area contributed by atoms with E-state index in [9.17, 15) is 14.7 Å². The number of methoxy groups -OCH3 is 2. The lowest BCUT2D eigenvalue weighted by Gasteiger charge is -2.30. The summed E-state index contributed by atoms with van der Waals surface area (Å²) in [5, 5.41) is 10.6. The van der Waals surface area contributed by atoms with E-state index in [0.29, 0.717) is 36.9 Å². The highest BCUT2D eigenvalue weighted by atomic mass is 16.7. The van der Waals surface area contributed by atoms with Crippen LogP contribution in [0.4, 0.5) is 0 Å². The average molecular weight is 575 g/mol. The maximum absolute atomic E-state index is 14.0. The van der Waals surface area contributed by atoms with Crippen LogP contribution in [0.2, 0.25) is 0 Å². The van der Waals surface area contributed by atoms with E-state index in [2.05, 4.69) is 6.92 Å². The van der Waals surface area contributed by atoms with Gasteiger partial charge in [-0.05, 0) is 47.9 Å². The van der Waals surface area contributed by atoms with Crippen molar-refractivity contribution in [1.29, 1.82) is 0 Å². The Morgan fingerprint density at radius 2 is 1.71 bits per heavy atom. The first-order valence-corrected chi connectivity index (χ1v) is 14.3. The van der Waals surface area contributed by atoms with Crippen LogP contribution in [0.25, 0.3) is 0 Å². The van der Waals surface area contributed by atoms with Crippen LogP contribution in [0.1, 0.15) is 48.4 Å². The fourth-order valence-corrected chi connectivity index (χ4v) is 6.03. The van der Waals surface area contributed by atoms with E-state index in [1.807, 2.05) is 76.5 Å². The van der Waals surface area contributed by atoms with Crippen LogP contribution in [0.15, 0.2) is 66.7 Å². The van der Waals surface area contributed by atoms with E-state index < -0.39 is 17.9 Å². The molecular formula is C33H38N2O7. The number of hydrogen-bond donors (Lipinski definition) is 1. The van der Waals surface area contributed by atoms with Crippen LogP contribution in [-0.2, 0) is 16.1 Å². The van der Waals surface area contributed by atoms with Gasteiger partial charge in [0.1, 0.15) is 11.5 Å². The number of benzene rings is 3. The van der Waals surface area contributed by atoms with Gasteiger partial charge in [0.05, 0.1) is 26.7 Å². The predicted molar refractivity (Wildman–Crippen MR) is 157 cm³/mol. The highest BCUT2D eigenvalue weighted by Gasteiger charge is 2.48. The van der Waals surface area contributed by atoms with Crippen molar-refractivity contribution in [3.05, 3.63) is 83.4 Å². The third-order valence-corrected chi connectivity index (χ3v) is 8.19. The molecule has 9 heteroatoms. The molecule has 9 nitrogen and oxygen atoms in total. The van der Waals surface area contributed by atoms with Crippen LogP contribution in [0, 0.1) is 5.92 Å². The van der Waals surface area contributed by atoms with Gasteiger partial charge in [0.2, 0.25) is 12.7 Å². The topological polar surface area (TPSA) is 97.8 Å². The summed E-state index contributed by atoms with van der Waals surface area (Å²) >= 11 is 0. The first kappa shape index (κ1) is 29.3. The van der Waals surface area contributed by atoms with Gasteiger partial charge < -0.3 is 29.0 Å². The van der Waals surface area contributed by atoms with Gasteiger partial charge in [0, 0.05) is 37.2 Å². The van der Waals surface area contributed by atoms with Crippen molar-refractivity contribution in [1.82, 2.24) is 9.80 Å². The van der Waals surface area contributed by atoms with E-state index in [1.54, 1.807) is 14.2 Å². The van der Waals surface area contributed by atoms with Gasteiger partial charge >= 0.3 is 5.97 Å². The molecule has 2 aliphatic heterocycles. The molecule has 3 aromatic carbocycles. The van der Waals surface area contributed by atoms with Crippen molar-refractivity contribution in [2.45, 2.75) is 38.3 Å². The number of ether oxygens (including phenoxy) is 4. The zero-order valence-electron chi connectivity index (χ0n) is 24.3. The summed E-state index contributed by atoms with van der Waals surface area (Å²) in [6.45, 7) is 3.73. The zero-order chi connectivity index (χ0) is 29.6. The Morgan fingerprint density at radius 3 is 2.43 bits per heavy atom. The van der Waals surface area contributed by atoms with E-state index in [-0.39, 0.29) is 25.2 Å². The molecule has 1 N–H and O–H groups in total. The second-order valence-electron chi connectivity index (χ2n) is 10.7. The molecule has 0 bridgehead atoms. The van der Waals surface area contributed by atoms with Gasteiger partial charge in [-0.25, -0.2) is 0 Å². The number of amides is 1. The van der Waals surface area contributed by atoms with Crippen LogP contribution >= 0.6 is 0 Å². The van der Waals surface area contributed by atoms with Crippen LogP contribution in [0.3, 0.4) is 0 Å². The van der Waals surface area contributed by atoms with E-state index in [1.165, 1.54) is 0 Å². The van der Waals surface area contributed by atoms with Crippen molar-refractivity contribution < 1.29 is 33.6 Å². The average Bonchev–Trinajstić information content (AvgIpc) is 3.64. The first-order chi connectivity index (χ1) is 20.4. The number of likely N-dealkylation sites (tertiary alicyclic amines) is 1. The molecule has 0 spiro atoms. The monoisotopic (exact) mass is 574 g/mol. The van der Waals surface area contributed by atoms with Crippen LogP contribution < -0.4 is 18.9 Å². The fourth-order valence-electron chi connectivity index (χ4n) is 6.03. The number of carbonyl (C=O) groups excluding carboxylic acids is 1. The highest BCUT2D eigenvalue weighted by Crippen LogP contribution is 2.47. The van der Waals surface area contributed by atoms with Crippen molar-refractivity contribution in [3.63, 3.8) is 0 Å². The Balaban J connectivity index is 1.47. The van der Waals surface area contributed by atoms with Gasteiger partial charge in [-0.15, -0.1) is 0 Å². The minimum Gasteiger partial charge on any atom is -0.497 e. The van der Waals surface area contributed by atoms with Gasteiger partial charge in [-0.2, -0.15) is 0 Å². The van der Waals surface area contributed by atoms with E-state index in [0.717, 1.165) is 35.3 Å². The molecule has 1 amide bonds. The number of rotatable bonds is 12. The quantitative estimate of drug-likeness (QED) is 0.319. The lowest BCUT2D eigenvalue weighted by molar-refractivity contribution is -0.144. The largest absolute Gasteiger partial charge is 0.497 e. The number of fused-ring (bicyclic) bond motifs is 1. The minimum atomic E-state index is -0.912. The zero-order valence-corrected chi connectivity index (χ0v) is 24.3. The fraction of sp³-hybridized carbons (Fsp3) is 0.394. The molecule has 1 saturated heterocycles. The molecule has 3 aromatic rings. The number of carbonyl (C=O) groups is 2. The van der Waals surface area contributed by atoms with Gasteiger partial charge in [-0.3, -0.25) is 14.5 Å². The maximum atomic E-state index is 14.0. The van der Waals surface area contributed by atoms with Crippen molar-refractivity contribution >= 4 is 11.9 Å². The third-order valence-electron chi connectivity index (χ3n) is 8.19. The molecule has 5 rings (SSSR count). The Bertz CT molecular complexity index is 1390. The number of nitrogens with zero attached hydrogens (tertiary/aromatic N) is 2. The van der Waals surface area contributed by atoms with Gasteiger partial charge in [0.25, 0.3) is 0 Å². The lowest BCUT2D eigenvalue weighted by atomic mass is 9.82. The molecule has 3 unspecified atom stereocenters. The molecule has 42 heavy (non-hydrogen) atoms. The lowest BCUT2D eigenvalue weighted by Crippen LogP contribution is -2.41. The molecule has 1 fully saturated rings. The maximum Gasteiger partial charge on any atom is 0.309 e. The van der Waals surface area contributed by atoms with Crippen LogP contribution in [-0.4, -0.2) is 67.4 Å².